The van der Waals surface area contributed by atoms with E-state index in [0.717, 1.165) is 24.3 Å². The van der Waals surface area contributed by atoms with Gasteiger partial charge in [-0.05, 0) is 80.0 Å². The molecule has 3 heteroatoms. The number of allylic oxidation sites excluding steroid dienone is 7. The van der Waals surface area contributed by atoms with E-state index in [1.54, 1.807) is 11.1 Å². The number of ether oxygens (including phenoxy) is 1. The third-order valence-corrected chi connectivity index (χ3v) is 8.31. The molecule has 0 radical (unpaired) electrons. The largest absolute Gasteiger partial charge is 0.458 e. The number of hydrogen-bond acceptors (Lipinski definition) is 3. The maximum atomic E-state index is 12.8. The molecule has 5 aliphatic rings. The minimum atomic E-state index is -0.110. The summed E-state index contributed by atoms with van der Waals surface area (Å²) in [6.07, 6.45) is 24.3. The molecule has 0 aromatic heterocycles. The fraction of sp³-hybridized carbons (Fsp3) is 0.577. The summed E-state index contributed by atoms with van der Waals surface area (Å²) < 4.78 is 6.17. The minimum Gasteiger partial charge on any atom is -0.458 e. The van der Waals surface area contributed by atoms with Gasteiger partial charge in [-0.15, -0.1) is 0 Å². The third kappa shape index (κ3) is 3.23. The van der Waals surface area contributed by atoms with Crippen molar-refractivity contribution in [3.8, 4) is 0 Å². The number of rotatable bonds is 2. The highest BCUT2D eigenvalue weighted by atomic mass is 16.5. The molecular weight excluding hydrogens is 358 g/mol. The third-order valence-electron chi connectivity index (χ3n) is 8.31. The van der Waals surface area contributed by atoms with Gasteiger partial charge in [0.15, 0.2) is 0 Å². The molecule has 0 aromatic carbocycles. The van der Waals surface area contributed by atoms with Gasteiger partial charge in [0.25, 0.3) is 0 Å². The van der Waals surface area contributed by atoms with Crippen molar-refractivity contribution in [3.63, 3.8) is 0 Å². The highest BCUT2D eigenvalue weighted by molar-refractivity contribution is 5.89. The van der Waals surface area contributed by atoms with E-state index < -0.39 is 0 Å². The lowest BCUT2D eigenvalue weighted by molar-refractivity contribution is -0.153. The molecule has 5 atom stereocenters. The minimum absolute atomic E-state index is 0.0676. The zero-order valence-electron chi connectivity index (χ0n) is 17.8. The molecule has 3 nitrogen and oxygen atoms in total. The van der Waals surface area contributed by atoms with E-state index in [1.807, 2.05) is 30.4 Å². The van der Waals surface area contributed by atoms with Gasteiger partial charge in [0.2, 0.25) is 0 Å². The Morgan fingerprint density at radius 2 is 2.00 bits per heavy atom. The molecule has 0 amide bonds. The first-order valence-corrected chi connectivity index (χ1v) is 11.4. The Kier molecular flexibility index (Phi) is 4.80. The molecule has 0 spiro atoms. The first-order chi connectivity index (χ1) is 14.1. The lowest BCUT2D eigenvalue weighted by Crippen LogP contribution is -2.46. The normalized spacial score (nSPS) is 38.1. The Balaban J connectivity index is 1.34. The topological polar surface area (TPSA) is 29.5 Å². The van der Waals surface area contributed by atoms with Crippen molar-refractivity contribution in [1.82, 2.24) is 4.90 Å². The zero-order valence-corrected chi connectivity index (χ0v) is 17.8. The maximum absolute atomic E-state index is 12.8. The molecule has 1 aliphatic heterocycles. The van der Waals surface area contributed by atoms with Crippen LogP contribution in [0.3, 0.4) is 0 Å². The van der Waals surface area contributed by atoms with Crippen LogP contribution in [0, 0.1) is 23.2 Å². The van der Waals surface area contributed by atoms with E-state index in [9.17, 15) is 4.79 Å². The summed E-state index contributed by atoms with van der Waals surface area (Å²) in [5.41, 5.74) is 4.10. The average molecular weight is 392 g/mol. The smallest absolute Gasteiger partial charge is 0.336 e. The molecule has 2 fully saturated rings. The molecule has 2 saturated carbocycles. The Morgan fingerprint density at radius 3 is 2.86 bits per heavy atom. The van der Waals surface area contributed by atoms with E-state index in [4.69, 9.17) is 4.74 Å². The number of hydrogen-bond donors (Lipinski definition) is 0. The van der Waals surface area contributed by atoms with Gasteiger partial charge in [-0.25, -0.2) is 4.79 Å². The molecule has 0 bridgehead atoms. The first-order valence-electron chi connectivity index (χ1n) is 11.4. The summed E-state index contributed by atoms with van der Waals surface area (Å²) in [6, 6.07) is 0. The van der Waals surface area contributed by atoms with Crippen molar-refractivity contribution in [2.24, 2.45) is 23.2 Å². The van der Waals surface area contributed by atoms with Crippen LogP contribution in [0.2, 0.25) is 0 Å². The van der Waals surface area contributed by atoms with Crippen molar-refractivity contribution in [2.45, 2.75) is 64.4 Å². The number of esters is 1. The Bertz CT molecular complexity index is 845. The molecule has 0 N–H and O–H groups in total. The van der Waals surface area contributed by atoms with Crippen LogP contribution in [0.25, 0.3) is 0 Å². The second kappa shape index (κ2) is 7.34. The highest BCUT2D eigenvalue weighted by Gasteiger charge is 2.56. The summed E-state index contributed by atoms with van der Waals surface area (Å²) in [6.45, 7) is 2.41. The number of fused-ring (bicyclic) bond motifs is 4. The van der Waals surface area contributed by atoms with Crippen LogP contribution in [-0.2, 0) is 9.53 Å². The van der Waals surface area contributed by atoms with E-state index in [-0.39, 0.29) is 17.5 Å². The van der Waals surface area contributed by atoms with E-state index >= 15 is 0 Å². The predicted octanol–water partition coefficient (Wildman–Crippen LogP) is 5.68. The van der Waals surface area contributed by atoms with Gasteiger partial charge >= 0.3 is 5.97 Å². The Hall–Kier alpha value is -2.03. The van der Waals surface area contributed by atoms with Gasteiger partial charge < -0.3 is 9.64 Å². The van der Waals surface area contributed by atoms with Crippen LogP contribution >= 0.6 is 0 Å². The van der Waals surface area contributed by atoms with Crippen molar-refractivity contribution in [2.75, 3.05) is 7.05 Å². The Labute approximate surface area is 174 Å². The molecule has 154 valence electrons. The maximum Gasteiger partial charge on any atom is 0.336 e. The van der Waals surface area contributed by atoms with Gasteiger partial charge in [0, 0.05) is 25.1 Å². The number of nitrogens with zero attached hydrogens (tertiary/aromatic N) is 1. The standard InChI is InChI=1S/C26H33NO2/c1-26-15-14-21-20-9-5-3-4-7-18(20)10-11-22(21)23(26)12-13-24(26)29-25(28)19-8-6-16-27(2)17-19/h4-7,9,16-17,21-24H,3,8,10-15H2,1-2H3. The number of carbonyl (C=O) groups is 1. The Morgan fingerprint density at radius 1 is 1.14 bits per heavy atom. The summed E-state index contributed by atoms with van der Waals surface area (Å²) >= 11 is 0. The molecule has 0 saturated heterocycles. The first kappa shape index (κ1) is 19.0. The van der Waals surface area contributed by atoms with Crippen LogP contribution in [0.5, 0.6) is 0 Å². The summed E-state index contributed by atoms with van der Waals surface area (Å²) in [5.74, 6) is 2.01. The van der Waals surface area contributed by atoms with Crippen LogP contribution < -0.4 is 0 Å². The highest BCUT2D eigenvalue weighted by Crippen LogP contribution is 2.61. The summed E-state index contributed by atoms with van der Waals surface area (Å²) in [7, 11) is 1.96. The fourth-order valence-electron chi connectivity index (χ4n) is 6.85. The molecule has 5 rings (SSSR count). The van der Waals surface area contributed by atoms with Gasteiger partial charge in [0.1, 0.15) is 6.10 Å². The van der Waals surface area contributed by atoms with Crippen LogP contribution in [0.4, 0.5) is 0 Å². The van der Waals surface area contributed by atoms with Crippen LogP contribution in [0.1, 0.15) is 58.3 Å². The molecule has 1 heterocycles. The van der Waals surface area contributed by atoms with E-state index in [2.05, 4.69) is 31.2 Å². The SMILES string of the molecule is CN1C=CCC(C(=O)OC2CCC3C4CCC5=C(C=CCC=C5)C4CCC23C)=C1. The van der Waals surface area contributed by atoms with E-state index in [0.29, 0.717) is 18.3 Å². The van der Waals surface area contributed by atoms with Gasteiger partial charge in [-0.2, -0.15) is 0 Å². The molecule has 0 aromatic rings. The summed E-state index contributed by atoms with van der Waals surface area (Å²) in [5, 5.41) is 0. The monoisotopic (exact) mass is 391 g/mol. The molecule has 5 unspecified atom stereocenters. The lowest BCUT2D eigenvalue weighted by Gasteiger charge is -2.50. The predicted molar refractivity (Wildman–Crippen MR) is 116 cm³/mol. The zero-order chi connectivity index (χ0) is 20.0. The molecule has 4 aliphatic carbocycles. The lowest BCUT2D eigenvalue weighted by atomic mass is 9.55. The number of carbonyl (C=O) groups excluding carboxylic acids is 1. The second-order valence-corrected chi connectivity index (χ2v) is 9.86. The molecule has 29 heavy (non-hydrogen) atoms. The van der Waals surface area contributed by atoms with E-state index in [1.165, 1.54) is 32.1 Å². The van der Waals surface area contributed by atoms with Crippen molar-refractivity contribution in [3.05, 3.63) is 59.5 Å². The summed E-state index contributed by atoms with van der Waals surface area (Å²) in [4.78, 5) is 14.8. The van der Waals surface area contributed by atoms with Crippen molar-refractivity contribution >= 4 is 5.97 Å². The second-order valence-electron chi connectivity index (χ2n) is 9.86. The van der Waals surface area contributed by atoms with Gasteiger partial charge in [-0.3, -0.25) is 0 Å². The van der Waals surface area contributed by atoms with Crippen molar-refractivity contribution in [1.29, 1.82) is 0 Å². The van der Waals surface area contributed by atoms with Crippen molar-refractivity contribution < 1.29 is 9.53 Å². The molecular formula is C26H33NO2. The quantitative estimate of drug-likeness (QED) is 0.567. The van der Waals surface area contributed by atoms with Crippen LogP contribution in [0.15, 0.2) is 59.5 Å². The average Bonchev–Trinajstić information content (AvgIpc) is 2.89. The van der Waals surface area contributed by atoms with Gasteiger partial charge in [-0.1, -0.05) is 37.3 Å². The van der Waals surface area contributed by atoms with Gasteiger partial charge in [0.05, 0.1) is 5.57 Å². The van der Waals surface area contributed by atoms with Crippen LogP contribution in [-0.4, -0.2) is 24.0 Å². The fourth-order valence-corrected chi connectivity index (χ4v) is 6.85.